The van der Waals surface area contributed by atoms with E-state index < -0.39 is 0 Å². The maximum Gasteiger partial charge on any atom is 0.147 e. The van der Waals surface area contributed by atoms with Gasteiger partial charge in [-0.05, 0) is 18.4 Å². The van der Waals surface area contributed by atoms with Gasteiger partial charge in [0.25, 0.3) is 0 Å². The van der Waals surface area contributed by atoms with Gasteiger partial charge in [-0.3, -0.25) is 4.98 Å². The van der Waals surface area contributed by atoms with Crippen molar-refractivity contribution in [3.63, 3.8) is 0 Å². The van der Waals surface area contributed by atoms with Crippen molar-refractivity contribution in [2.24, 2.45) is 5.41 Å². The molecule has 94 valence electrons. The monoisotopic (exact) mass is 234 g/mol. The molecule has 0 bridgehead atoms. The van der Waals surface area contributed by atoms with Crippen molar-refractivity contribution in [2.75, 3.05) is 24.5 Å². The maximum atomic E-state index is 4.50. The molecule has 2 rings (SSSR count). The van der Waals surface area contributed by atoms with E-state index in [1.165, 1.54) is 6.42 Å². The standard InChI is InChI=1S/C13H22N4/c1-4-14-7-11-8-16-12(9-15-11)17-6-5-13(2,3)10-17/h8-9,14H,4-7,10H2,1-3H3. The van der Waals surface area contributed by atoms with Crippen molar-refractivity contribution in [3.05, 3.63) is 18.1 Å². The Balaban J connectivity index is 1.98. The number of hydrogen-bond donors (Lipinski definition) is 1. The molecule has 0 radical (unpaired) electrons. The highest BCUT2D eigenvalue weighted by atomic mass is 15.2. The first-order valence-corrected chi connectivity index (χ1v) is 6.37. The third kappa shape index (κ3) is 3.16. The second-order valence-corrected chi connectivity index (χ2v) is 5.48. The molecule has 0 saturated carbocycles. The van der Waals surface area contributed by atoms with Crippen LogP contribution >= 0.6 is 0 Å². The zero-order valence-electron chi connectivity index (χ0n) is 11.0. The number of anilines is 1. The first kappa shape index (κ1) is 12.3. The first-order chi connectivity index (χ1) is 8.11. The summed E-state index contributed by atoms with van der Waals surface area (Å²) in [6.45, 7) is 10.6. The van der Waals surface area contributed by atoms with Crippen molar-refractivity contribution < 1.29 is 0 Å². The van der Waals surface area contributed by atoms with Crippen LogP contribution in [0.15, 0.2) is 12.4 Å². The van der Waals surface area contributed by atoms with Crippen LogP contribution in [0.4, 0.5) is 5.82 Å². The quantitative estimate of drug-likeness (QED) is 0.863. The Hall–Kier alpha value is -1.16. The van der Waals surface area contributed by atoms with E-state index in [0.717, 1.165) is 37.7 Å². The van der Waals surface area contributed by atoms with E-state index in [2.05, 4.69) is 41.0 Å². The lowest BCUT2D eigenvalue weighted by atomic mass is 9.93. The van der Waals surface area contributed by atoms with Crippen LogP contribution in [0.5, 0.6) is 0 Å². The molecule has 1 aromatic rings. The normalized spacial score (nSPS) is 18.6. The molecule has 17 heavy (non-hydrogen) atoms. The predicted octanol–water partition coefficient (Wildman–Crippen LogP) is 1.82. The minimum Gasteiger partial charge on any atom is -0.355 e. The largest absolute Gasteiger partial charge is 0.355 e. The summed E-state index contributed by atoms with van der Waals surface area (Å²) in [5.41, 5.74) is 1.42. The molecule has 1 N–H and O–H groups in total. The third-order valence-corrected chi connectivity index (χ3v) is 3.25. The summed E-state index contributed by atoms with van der Waals surface area (Å²) in [5, 5.41) is 3.25. The zero-order chi connectivity index (χ0) is 12.3. The van der Waals surface area contributed by atoms with Crippen LogP contribution in [0.25, 0.3) is 0 Å². The van der Waals surface area contributed by atoms with Crippen LogP contribution in [0, 0.1) is 5.41 Å². The number of nitrogens with one attached hydrogen (secondary N) is 1. The van der Waals surface area contributed by atoms with Gasteiger partial charge >= 0.3 is 0 Å². The minimum absolute atomic E-state index is 0.407. The SMILES string of the molecule is CCNCc1cnc(N2CCC(C)(C)C2)cn1. The average Bonchev–Trinajstić information content (AvgIpc) is 2.68. The Morgan fingerprint density at radius 3 is 2.71 bits per heavy atom. The van der Waals surface area contributed by atoms with Gasteiger partial charge in [0, 0.05) is 19.6 Å². The van der Waals surface area contributed by atoms with E-state index in [9.17, 15) is 0 Å². The van der Waals surface area contributed by atoms with Crippen molar-refractivity contribution in [3.8, 4) is 0 Å². The Morgan fingerprint density at radius 1 is 1.35 bits per heavy atom. The lowest BCUT2D eigenvalue weighted by Gasteiger charge is -2.20. The number of aromatic nitrogens is 2. The highest BCUT2D eigenvalue weighted by Gasteiger charge is 2.29. The molecular weight excluding hydrogens is 212 g/mol. The molecule has 1 aromatic heterocycles. The van der Waals surface area contributed by atoms with E-state index in [4.69, 9.17) is 0 Å². The number of hydrogen-bond acceptors (Lipinski definition) is 4. The smallest absolute Gasteiger partial charge is 0.147 e. The van der Waals surface area contributed by atoms with Gasteiger partial charge < -0.3 is 10.2 Å². The molecule has 0 atom stereocenters. The second kappa shape index (κ2) is 5.00. The molecule has 0 spiro atoms. The lowest BCUT2D eigenvalue weighted by Crippen LogP contribution is -2.24. The molecule has 4 heteroatoms. The Kier molecular flexibility index (Phi) is 3.62. The predicted molar refractivity (Wildman–Crippen MR) is 70.0 cm³/mol. The maximum absolute atomic E-state index is 4.50. The molecule has 0 aliphatic carbocycles. The van der Waals surface area contributed by atoms with Gasteiger partial charge in [0.2, 0.25) is 0 Å². The van der Waals surface area contributed by atoms with Crippen LogP contribution in [0.2, 0.25) is 0 Å². The summed E-state index contributed by atoms with van der Waals surface area (Å²) in [5.74, 6) is 1.01. The second-order valence-electron chi connectivity index (χ2n) is 5.48. The highest BCUT2D eigenvalue weighted by Crippen LogP contribution is 2.31. The molecule has 1 saturated heterocycles. The minimum atomic E-state index is 0.407. The van der Waals surface area contributed by atoms with Crippen LogP contribution in [0.3, 0.4) is 0 Å². The van der Waals surface area contributed by atoms with Crippen LogP contribution in [-0.2, 0) is 6.54 Å². The van der Waals surface area contributed by atoms with Gasteiger partial charge in [-0.1, -0.05) is 20.8 Å². The first-order valence-electron chi connectivity index (χ1n) is 6.37. The molecule has 0 amide bonds. The van der Waals surface area contributed by atoms with E-state index >= 15 is 0 Å². The Labute approximate surface area is 103 Å². The zero-order valence-corrected chi connectivity index (χ0v) is 11.0. The van der Waals surface area contributed by atoms with Gasteiger partial charge in [-0.2, -0.15) is 0 Å². The fourth-order valence-electron chi connectivity index (χ4n) is 2.16. The van der Waals surface area contributed by atoms with E-state index in [0.29, 0.717) is 5.41 Å². The van der Waals surface area contributed by atoms with E-state index in [1.54, 1.807) is 0 Å². The Bertz CT molecular complexity index is 358. The van der Waals surface area contributed by atoms with Crippen LogP contribution in [0.1, 0.15) is 32.9 Å². The van der Waals surface area contributed by atoms with Crippen molar-refractivity contribution >= 4 is 5.82 Å². The van der Waals surface area contributed by atoms with Gasteiger partial charge in [-0.25, -0.2) is 4.98 Å². The number of nitrogens with zero attached hydrogens (tertiary/aromatic N) is 3. The van der Waals surface area contributed by atoms with Crippen molar-refractivity contribution in [1.29, 1.82) is 0 Å². The Morgan fingerprint density at radius 2 is 2.18 bits per heavy atom. The van der Waals surface area contributed by atoms with Crippen LogP contribution < -0.4 is 10.2 Å². The average molecular weight is 234 g/mol. The van der Waals surface area contributed by atoms with Gasteiger partial charge in [0.05, 0.1) is 18.1 Å². The van der Waals surface area contributed by atoms with Crippen molar-refractivity contribution in [2.45, 2.75) is 33.7 Å². The fourth-order valence-corrected chi connectivity index (χ4v) is 2.16. The summed E-state index contributed by atoms with van der Waals surface area (Å²) >= 11 is 0. The van der Waals surface area contributed by atoms with E-state index in [1.807, 2.05) is 12.4 Å². The van der Waals surface area contributed by atoms with Gasteiger partial charge in [0.1, 0.15) is 5.82 Å². The molecule has 1 aliphatic heterocycles. The summed E-state index contributed by atoms with van der Waals surface area (Å²) < 4.78 is 0. The summed E-state index contributed by atoms with van der Waals surface area (Å²) in [7, 11) is 0. The highest BCUT2D eigenvalue weighted by molar-refractivity contribution is 5.37. The van der Waals surface area contributed by atoms with Crippen molar-refractivity contribution in [1.82, 2.24) is 15.3 Å². The molecular formula is C13H22N4. The lowest BCUT2D eigenvalue weighted by molar-refractivity contribution is 0.418. The summed E-state index contributed by atoms with van der Waals surface area (Å²) in [6.07, 6.45) is 5.01. The topological polar surface area (TPSA) is 41.1 Å². The molecule has 2 heterocycles. The number of rotatable bonds is 4. The molecule has 1 fully saturated rings. The van der Waals surface area contributed by atoms with Crippen LogP contribution in [-0.4, -0.2) is 29.6 Å². The third-order valence-electron chi connectivity index (χ3n) is 3.25. The van der Waals surface area contributed by atoms with E-state index in [-0.39, 0.29) is 0 Å². The molecule has 1 aliphatic rings. The summed E-state index contributed by atoms with van der Waals surface area (Å²) in [4.78, 5) is 11.3. The molecule has 0 unspecified atom stereocenters. The molecule has 0 aromatic carbocycles. The van der Waals surface area contributed by atoms with Gasteiger partial charge in [-0.15, -0.1) is 0 Å². The summed E-state index contributed by atoms with van der Waals surface area (Å²) in [6, 6.07) is 0. The van der Waals surface area contributed by atoms with Gasteiger partial charge in [0.15, 0.2) is 0 Å². The fraction of sp³-hybridized carbons (Fsp3) is 0.692. The molecule has 4 nitrogen and oxygen atoms in total.